The normalized spacial score (nSPS) is 19.3. The third-order valence-electron chi connectivity index (χ3n) is 3.96. The summed E-state index contributed by atoms with van der Waals surface area (Å²) in [7, 11) is 0. The second-order valence-corrected chi connectivity index (χ2v) is 5.41. The first-order valence-electron chi connectivity index (χ1n) is 7.45. The van der Waals surface area contributed by atoms with Gasteiger partial charge in [0.25, 0.3) is 0 Å². The highest BCUT2D eigenvalue weighted by Crippen LogP contribution is 2.22. The number of aliphatic carboxylic acids is 1. The maximum atomic E-state index is 12.4. The van der Waals surface area contributed by atoms with Crippen molar-refractivity contribution in [2.24, 2.45) is 0 Å². The zero-order valence-corrected chi connectivity index (χ0v) is 12.3. The van der Waals surface area contributed by atoms with E-state index in [9.17, 15) is 9.59 Å². The van der Waals surface area contributed by atoms with Crippen LogP contribution in [0.5, 0.6) is 0 Å². The summed E-state index contributed by atoms with van der Waals surface area (Å²) < 4.78 is 0. The Morgan fingerprint density at radius 3 is 2.71 bits per heavy atom. The molecule has 0 saturated carbocycles. The van der Waals surface area contributed by atoms with Gasteiger partial charge in [0.2, 0.25) is 0 Å². The van der Waals surface area contributed by atoms with Crippen LogP contribution in [-0.4, -0.2) is 34.6 Å². The Labute approximate surface area is 125 Å². The third kappa shape index (κ3) is 3.97. The summed E-state index contributed by atoms with van der Waals surface area (Å²) in [4.78, 5) is 24.9. The molecule has 114 valence electrons. The molecule has 1 heterocycles. The number of likely N-dealkylation sites (tertiary alicyclic amines) is 1. The molecule has 2 rings (SSSR count). The second-order valence-electron chi connectivity index (χ2n) is 5.41. The van der Waals surface area contributed by atoms with Gasteiger partial charge < -0.3 is 15.3 Å². The average Bonchev–Trinajstić information content (AvgIpc) is 2.93. The summed E-state index contributed by atoms with van der Waals surface area (Å²) in [6, 6.07) is 9.46. The van der Waals surface area contributed by atoms with Gasteiger partial charge in [0.05, 0.1) is 12.5 Å². The number of rotatable bonds is 5. The number of benzene rings is 1. The van der Waals surface area contributed by atoms with Crippen molar-refractivity contribution in [3.63, 3.8) is 0 Å². The van der Waals surface area contributed by atoms with Gasteiger partial charge in [0.15, 0.2) is 0 Å². The lowest BCUT2D eigenvalue weighted by Crippen LogP contribution is -2.44. The van der Waals surface area contributed by atoms with E-state index >= 15 is 0 Å². The lowest BCUT2D eigenvalue weighted by molar-refractivity contribution is -0.137. The Hall–Kier alpha value is -2.04. The fourth-order valence-electron chi connectivity index (χ4n) is 2.86. The number of carbonyl (C=O) groups excluding carboxylic acids is 1. The molecule has 2 atom stereocenters. The van der Waals surface area contributed by atoms with E-state index in [1.165, 1.54) is 0 Å². The van der Waals surface area contributed by atoms with Gasteiger partial charge in [0.1, 0.15) is 0 Å². The molecule has 1 aromatic carbocycles. The van der Waals surface area contributed by atoms with Crippen LogP contribution in [0.3, 0.4) is 0 Å². The van der Waals surface area contributed by atoms with E-state index in [1.807, 2.05) is 37.3 Å². The Morgan fingerprint density at radius 1 is 1.38 bits per heavy atom. The molecule has 1 saturated heterocycles. The minimum absolute atomic E-state index is 0.0234. The Morgan fingerprint density at radius 2 is 2.10 bits per heavy atom. The van der Waals surface area contributed by atoms with E-state index in [2.05, 4.69) is 5.32 Å². The van der Waals surface area contributed by atoms with Crippen molar-refractivity contribution in [2.45, 2.75) is 44.7 Å². The monoisotopic (exact) mass is 290 g/mol. The molecule has 1 aromatic rings. The molecule has 5 heteroatoms. The highest BCUT2D eigenvalue weighted by Gasteiger charge is 2.31. The SMILES string of the molecule is CCC(NC(=O)N1CCCC1CC(=O)O)c1ccccc1. The van der Waals surface area contributed by atoms with Crippen molar-refractivity contribution in [1.29, 1.82) is 0 Å². The van der Waals surface area contributed by atoms with Crippen molar-refractivity contribution in [2.75, 3.05) is 6.54 Å². The van der Waals surface area contributed by atoms with Gasteiger partial charge in [0, 0.05) is 12.6 Å². The molecule has 0 spiro atoms. The number of carbonyl (C=O) groups is 2. The predicted octanol–water partition coefficient (Wildman–Crippen LogP) is 2.79. The number of nitrogens with one attached hydrogen (secondary N) is 1. The molecule has 2 unspecified atom stereocenters. The van der Waals surface area contributed by atoms with Gasteiger partial charge in [-0.15, -0.1) is 0 Å². The smallest absolute Gasteiger partial charge is 0.318 e. The molecule has 0 aliphatic carbocycles. The molecule has 2 amide bonds. The van der Waals surface area contributed by atoms with Gasteiger partial charge in [-0.1, -0.05) is 37.3 Å². The zero-order valence-electron chi connectivity index (χ0n) is 12.3. The number of hydrogen-bond acceptors (Lipinski definition) is 2. The maximum Gasteiger partial charge on any atom is 0.318 e. The van der Waals surface area contributed by atoms with Crippen molar-refractivity contribution in [1.82, 2.24) is 10.2 Å². The van der Waals surface area contributed by atoms with E-state index in [0.29, 0.717) is 6.54 Å². The lowest BCUT2D eigenvalue weighted by Gasteiger charge is -2.27. The third-order valence-corrected chi connectivity index (χ3v) is 3.96. The standard InChI is InChI=1S/C16H22N2O3/c1-2-14(12-7-4-3-5-8-12)17-16(21)18-10-6-9-13(18)11-15(19)20/h3-5,7-8,13-14H,2,6,9-11H2,1H3,(H,17,21)(H,19,20). The molecule has 0 bridgehead atoms. The number of hydrogen-bond donors (Lipinski definition) is 2. The molecule has 1 aliphatic heterocycles. The molecule has 5 nitrogen and oxygen atoms in total. The first-order valence-corrected chi connectivity index (χ1v) is 7.45. The van der Waals surface area contributed by atoms with Crippen LogP contribution in [0.25, 0.3) is 0 Å². The van der Waals surface area contributed by atoms with Gasteiger partial charge in [-0.3, -0.25) is 4.79 Å². The van der Waals surface area contributed by atoms with Crippen LogP contribution >= 0.6 is 0 Å². The summed E-state index contributed by atoms with van der Waals surface area (Å²) in [6.45, 7) is 2.66. The van der Waals surface area contributed by atoms with Crippen LogP contribution in [0.15, 0.2) is 30.3 Å². The number of carboxylic acid groups (broad SMARTS) is 1. The van der Waals surface area contributed by atoms with Crippen LogP contribution in [0.2, 0.25) is 0 Å². The quantitative estimate of drug-likeness (QED) is 0.876. The summed E-state index contributed by atoms with van der Waals surface area (Å²) in [5.74, 6) is -0.852. The van der Waals surface area contributed by atoms with E-state index in [4.69, 9.17) is 5.11 Å². The molecular formula is C16H22N2O3. The first-order chi connectivity index (χ1) is 10.1. The minimum atomic E-state index is -0.852. The Balaban J connectivity index is 2.00. The number of urea groups is 1. The van der Waals surface area contributed by atoms with Gasteiger partial charge >= 0.3 is 12.0 Å². The molecular weight excluding hydrogens is 268 g/mol. The summed E-state index contributed by atoms with van der Waals surface area (Å²) in [6.07, 6.45) is 2.46. The maximum absolute atomic E-state index is 12.4. The van der Waals surface area contributed by atoms with Crippen molar-refractivity contribution >= 4 is 12.0 Å². The summed E-state index contributed by atoms with van der Waals surface area (Å²) in [5, 5.41) is 11.9. The van der Waals surface area contributed by atoms with Crippen molar-refractivity contribution in [3.8, 4) is 0 Å². The lowest BCUT2D eigenvalue weighted by atomic mass is 10.1. The number of carboxylic acids is 1. The zero-order chi connectivity index (χ0) is 15.2. The van der Waals surface area contributed by atoms with Gasteiger partial charge in [-0.25, -0.2) is 4.79 Å². The molecule has 1 aliphatic rings. The van der Waals surface area contributed by atoms with Crippen LogP contribution in [0, 0.1) is 0 Å². The summed E-state index contributed by atoms with van der Waals surface area (Å²) >= 11 is 0. The molecule has 0 radical (unpaired) electrons. The molecule has 0 aromatic heterocycles. The Kier molecular flexibility index (Phi) is 5.20. The second kappa shape index (κ2) is 7.11. The fourth-order valence-corrected chi connectivity index (χ4v) is 2.86. The molecule has 1 fully saturated rings. The number of amides is 2. The minimum Gasteiger partial charge on any atom is -0.481 e. The van der Waals surface area contributed by atoms with E-state index < -0.39 is 5.97 Å². The number of nitrogens with zero attached hydrogens (tertiary/aromatic N) is 1. The predicted molar refractivity (Wildman–Crippen MR) is 80.0 cm³/mol. The van der Waals surface area contributed by atoms with Crippen LogP contribution in [0.4, 0.5) is 4.79 Å². The highest BCUT2D eigenvalue weighted by atomic mass is 16.4. The first kappa shape index (κ1) is 15.4. The van der Waals surface area contributed by atoms with Crippen LogP contribution in [-0.2, 0) is 4.79 Å². The van der Waals surface area contributed by atoms with Crippen molar-refractivity contribution in [3.05, 3.63) is 35.9 Å². The molecule has 2 N–H and O–H groups in total. The largest absolute Gasteiger partial charge is 0.481 e. The van der Waals surface area contributed by atoms with E-state index in [-0.39, 0.29) is 24.5 Å². The van der Waals surface area contributed by atoms with Crippen LogP contribution in [0.1, 0.15) is 44.2 Å². The molecule has 21 heavy (non-hydrogen) atoms. The summed E-state index contributed by atoms with van der Waals surface area (Å²) in [5.41, 5.74) is 1.07. The highest BCUT2D eigenvalue weighted by molar-refractivity contribution is 5.76. The van der Waals surface area contributed by atoms with Gasteiger partial charge in [-0.2, -0.15) is 0 Å². The van der Waals surface area contributed by atoms with E-state index in [1.54, 1.807) is 4.90 Å². The van der Waals surface area contributed by atoms with Crippen LogP contribution < -0.4 is 5.32 Å². The fraction of sp³-hybridized carbons (Fsp3) is 0.500. The topological polar surface area (TPSA) is 69.6 Å². The van der Waals surface area contributed by atoms with Gasteiger partial charge in [-0.05, 0) is 24.8 Å². The van der Waals surface area contributed by atoms with Crippen molar-refractivity contribution < 1.29 is 14.7 Å². The van der Waals surface area contributed by atoms with E-state index in [0.717, 1.165) is 24.8 Å². The Bertz CT molecular complexity index is 490. The average molecular weight is 290 g/mol.